The Bertz CT molecular complexity index is 634. The predicted molar refractivity (Wildman–Crippen MR) is 67.3 cm³/mol. The van der Waals surface area contributed by atoms with Gasteiger partial charge in [0.25, 0.3) is 0 Å². The number of hydrogen-bond acceptors (Lipinski definition) is 5. The van der Waals surface area contributed by atoms with Crippen LogP contribution in [0.1, 0.15) is 35.1 Å². The number of fused-ring (bicyclic) bond motifs is 1. The van der Waals surface area contributed by atoms with Crippen molar-refractivity contribution in [3.63, 3.8) is 0 Å². The molecule has 0 aliphatic carbocycles. The average Bonchev–Trinajstić information content (AvgIpc) is 3.05. The molecule has 6 nitrogen and oxygen atoms in total. The zero-order valence-electron chi connectivity index (χ0n) is 10.3. The van der Waals surface area contributed by atoms with Crippen molar-refractivity contribution in [2.24, 2.45) is 0 Å². The summed E-state index contributed by atoms with van der Waals surface area (Å²) in [5.74, 6) is 0.218. The number of rotatable bonds is 2. The first-order chi connectivity index (χ1) is 9.20. The molecule has 3 heterocycles. The smallest absolute Gasteiger partial charge is 0.339 e. The maximum absolute atomic E-state index is 11.6. The number of esters is 1. The molecule has 0 radical (unpaired) electrons. The van der Waals surface area contributed by atoms with E-state index in [0.717, 1.165) is 12.8 Å². The van der Waals surface area contributed by atoms with Crippen molar-refractivity contribution in [3.8, 4) is 0 Å². The molecule has 3 rings (SSSR count). The molecule has 1 atom stereocenters. The van der Waals surface area contributed by atoms with Crippen molar-refractivity contribution >= 4 is 23.2 Å². The second kappa shape index (κ2) is 4.79. The highest BCUT2D eigenvalue weighted by Gasteiger charge is 2.24. The molecule has 19 heavy (non-hydrogen) atoms. The van der Waals surface area contributed by atoms with Crippen LogP contribution in [0.15, 0.2) is 12.3 Å². The maximum atomic E-state index is 11.6. The Kier molecular flexibility index (Phi) is 3.12. The Hall–Kier alpha value is -1.66. The first-order valence-electron chi connectivity index (χ1n) is 5.95. The number of hydrogen-bond donors (Lipinski definition) is 0. The summed E-state index contributed by atoms with van der Waals surface area (Å²) in [6, 6.07) is 1.52. The standard InChI is InChI=1S/C12H12ClN3O3/c1-18-12(17)7-5-8(13)10-14-15-11(16(10)6-7)9-3-2-4-19-9/h5-6,9H,2-4H2,1H3. The van der Waals surface area contributed by atoms with Gasteiger partial charge in [-0.15, -0.1) is 10.2 Å². The fourth-order valence-corrected chi connectivity index (χ4v) is 2.45. The van der Waals surface area contributed by atoms with E-state index in [1.807, 2.05) is 0 Å². The molecule has 1 aliphatic heterocycles. The fourth-order valence-electron chi connectivity index (χ4n) is 2.20. The summed E-state index contributed by atoms with van der Waals surface area (Å²) in [4.78, 5) is 11.6. The van der Waals surface area contributed by atoms with Gasteiger partial charge in [-0.3, -0.25) is 4.40 Å². The summed E-state index contributed by atoms with van der Waals surface area (Å²) in [6.45, 7) is 0.712. The van der Waals surface area contributed by atoms with Crippen LogP contribution < -0.4 is 0 Å². The van der Waals surface area contributed by atoms with Crippen molar-refractivity contribution in [1.82, 2.24) is 14.6 Å². The third-order valence-corrected chi connectivity index (χ3v) is 3.40. The summed E-state index contributed by atoms with van der Waals surface area (Å²) >= 11 is 6.11. The number of aromatic nitrogens is 3. The van der Waals surface area contributed by atoms with Gasteiger partial charge in [0.15, 0.2) is 11.5 Å². The van der Waals surface area contributed by atoms with Gasteiger partial charge in [-0.25, -0.2) is 4.79 Å². The topological polar surface area (TPSA) is 65.7 Å². The van der Waals surface area contributed by atoms with Gasteiger partial charge in [0.2, 0.25) is 0 Å². The predicted octanol–water partition coefficient (Wildman–Crippen LogP) is 2.02. The highest BCUT2D eigenvalue weighted by molar-refractivity contribution is 6.33. The first-order valence-corrected chi connectivity index (χ1v) is 6.32. The zero-order chi connectivity index (χ0) is 13.4. The lowest BCUT2D eigenvalue weighted by Gasteiger charge is -2.08. The van der Waals surface area contributed by atoms with Crippen LogP contribution in [0.25, 0.3) is 5.65 Å². The molecule has 0 spiro atoms. The number of halogens is 1. The molecule has 2 aromatic heterocycles. The SMILES string of the molecule is COC(=O)c1cc(Cl)c2nnc(C3CCCO3)n2c1. The van der Waals surface area contributed by atoms with Crippen LogP contribution in [-0.4, -0.2) is 34.3 Å². The van der Waals surface area contributed by atoms with Crippen molar-refractivity contribution < 1.29 is 14.3 Å². The Morgan fingerprint density at radius 1 is 1.58 bits per heavy atom. The molecule has 1 saturated heterocycles. The summed E-state index contributed by atoms with van der Waals surface area (Å²) in [5, 5.41) is 8.51. The van der Waals surface area contributed by atoms with Crippen LogP contribution in [0.2, 0.25) is 5.02 Å². The molecule has 0 saturated carbocycles. The minimum atomic E-state index is -0.448. The van der Waals surface area contributed by atoms with E-state index in [1.165, 1.54) is 13.2 Å². The van der Waals surface area contributed by atoms with Crippen LogP contribution in [0.4, 0.5) is 0 Å². The number of pyridine rings is 1. The van der Waals surface area contributed by atoms with Gasteiger partial charge in [-0.1, -0.05) is 11.6 Å². The van der Waals surface area contributed by atoms with E-state index >= 15 is 0 Å². The van der Waals surface area contributed by atoms with Crippen LogP contribution in [0.3, 0.4) is 0 Å². The molecule has 100 valence electrons. The van der Waals surface area contributed by atoms with Crippen LogP contribution in [0.5, 0.6) is 0 Å². The molecule has 1 fully saturated rings. The van der Waals surface area contributed by atoms with Crippen molar-refractivity contribution in [1.29, 1.82) is 0 Å². The van der Waals surface area contributed by atoms with Crippen LogP contribution >= 0.6 is 11.6 Å². The van der Waals surface area contributed by atoms with Crippen LogP contribution in [-0.2, 0) is 9.47 Å². The Labute approximate surface area is 114 Å². The van der Waals surface area contributed by atoms with E-state index in [4.69, 9.17) is 21.1 Å². The molecule has 0 amide bonds. The highest BCUT2D eigenvalue weighted by Crippen LogP contribution is 2.29. The minimum absolute atomic E-state index is 0.0982. The summed E-state index contributed by atoms with van der Waals surface area (Å²) in [7, 11) is 1.33. The van der Waals surface area contributed by atoms with Crippen molar-refractivity contribution in [2.45, 2.75) is 18.9 Å². The first kappa shape index (κ1) is 12.4. The van der Waals surface area contributed by atoms with Gasteiger partial charge in [-0.05, 0) is 18.9 Å². The molecular weight excluding hydrogens is 270 g/mol. The zero-order valence-corrected chi connectivity index (χ0v) is 11.1. The van der Waals surface area contributed by atoms with Gasteiger partial charge in [-0.2, -0.15) is 0 Å². The molecule has 0 bridgehead atoms. The third kappa shape index (κ3) is 2.06. The average molecular weight is 282 g/mol. The largest absolute Gasteiger partial charge is 0.465 e. The highest BCUT2D eigenvalue weighted by atomic mass is 35.5. The summed E-state index contributed by atoms with van der Waals surface area (Å²) < 4.78 is 12.0. The maximum Gasteiger partial charge on any atom is 0.339 e. The third-order valence-electron chi connectivity index (χ3n) is 3.12. The number of methoxy groups -OCH3 is 1. The number of ether oxygens (including phenoxy) is 2. The molecule has 1 aliphatic rings. The lowest BCUT2D eigenvalue weighted by atomic mass is 10.2. The van der Waals surface area contributed by atoms with Crippen molar-refractivity contribution in [2.75, 3.05) is 13.7 Å². The normalized spacial score (nSPS) is 18.9. The second-order valence-electron chi connectivity index (χ2n) is 4.32. The Morgan fingerprint density at radius 3 is 3.11 bits per heavy atom. The van der Waals surface area contributed by atoms with Gasteiger partial charge < -0.3 is 9.47 Å². The van der Waals surface area contributed by atoms with E-state index in [-0.39, 0.29) is 6.10 Å². The van der Waals surface area contributed by atoms with Gasteiger partial charge in [0.05, 0.1) is 17.7 Å². The van der Waals surface area contributed by atoms with E-state index in [0.29, 0.717) is 28.7 Å². The molecule has 0 aromatic carbocycles. The fraction of sp³-hybridized carbons (Fsp3) is 0.417. The van der Waals surface area contributed by atoms with Crippen LogP contribution in [0, 0.1) is 0 Å². The van der Waals surface area contributed by atoms with Gasteiger partial charge in [0.1, 0.15) is 6.10 Å². The van der Waals surface area contributed by atoms with E-state index in [9.17, 15) is 4.79 Å². The molecule has 2 aromatic rings. The Balaban J connectivity index is 2.14. The molecule has 0 N–H and O–H groups in total. The Morgan fingerprint density at radius 2 is 2.42 bits per heavy atom. The molecular formula is C12H12ClN3O3. The number of carbonyl (C=O) groups is 1. The number of nitrogens with zero attached hydrogens (tertiary/aromatic N) is 3. The summed E-state index contributed by atoms with van der Waals surface area (Å²) in [6.07, 6.45) is 3.41. The number of carbonyl (C=O) groups excluding carboxylic acids is 1. The lowest BCUT2D eigenvalue weighted by Crippen LogP contribution is -2.07. The molecule has 7 heteroatoms. The van der Waals surface area contributed by atoms with E-state index in [2.05, 4.69) is 10.2 Å². The van der Waals surface area contributed by atoms with Gasteiger partial charge in [0, 0.05) is 12.8 Å². The minimum Gasteiger partial charge on any atom is -0.465 e. The quantitative estimate of drug-likeness (QED) is 0.788. The van der Waals surface area contributed by atoms with E-state index in [1.54, 1.807) is 10.6 Å². The second-order valence-corrected chi connectivity index (χ2v) is 4.73. The van der Waals surface area contributed by atoms with Crippen molar-refractivity contribution in [3.05, 3.63) is 28.7 Å². The lowest BCUT2D eigenvalue weighted by molar-refractivity contribution is 0.0599. The summed E-state index contributed by atoms with van der Waals surface area (Å²) in [5.41, 5.74) is 0.874. The van der Waals surface area contributed by atoms with Gasteiger partial charge >= 0.3 is 5.97 Å². The monoisotopic (exact) mass is 281 g/mol. The molecule has 1 unspecified atom stereocenters. The van der Waals surface area contributed by atoms with E-state index < -0.39 is 5.97 Å².